The van der Waals surface area contributed by atoms with Gasteiger partial charge in [0.2, 0.25) is 0 Å². The van der Waals surface area contributed by atoms with Gasteiger partial charge in [0.15, 0.2) is 0 Å². The first kappa shape index (κ1) is 13.1. The molecule has 1 rings (SSSR count). The Bertz CT molecular complexity index is 287. The maximum Gasteiger partial charge on any atom is 0.0750 e. The van der Waals surface area contributed by atoms with Crippen molar-refractivity contribution in [1.29, 1.82) is 0 Å². The van der Waals surface area contributed by atoms with Crippen molar-refractivity contribution in [3.8, 4) is 0 Å². The minimum atomic E-state index is 0.215. The molecule has 0 saturated heterocycles. The Labute approximate surface area is 98.2 Å². The second-order valence-corrected chi connectivity index (χ2v) is 4.36. The topological polar surface area (TPSA) is 34.2 Å². The highest BCUT2D eigenvalue weighted by atomic mass is 16.5. The Morgan fingerprint density at radius 3 is 2.56 bits per heavy atom. The maximum absolute atomic E-state index is 5.55. The van der Waals surface area contributed by atoms with Crippen LogP contribution in [0.5, 0.6) is 0 Å². The second-order valence-electron chi connectivity index (χ2n) is 4.36. The van der Waals surface area contributed by atoms with E-state index in [9.17, 15) is 0 Å². The Kier molecular flexibility index (Phi) is 5.43. The summed E-state index contributed by atoms with van der Waals surface area (Å²) in [5.41, 5.74) is 1.10. The molecule has 16 heavy (non-hydrogen) atoms. The third-order valence-corrected chi connectivity index (χ3v) is 2.85. The number of ether oxygens (including phenoxy) is 1. The molecular weight excluding hydrogens is 200 g/mol. The van der Waals surface area contributed by atoms with Crippen molar-refractivity contribution in [2.24, 2.45) is 5.92 Å². The fourth-order valence-corrected chi connectivity index (χ4v) is 2.03. The van der Waals surface area contributed by atoms with Crippen molar-refractivity contribution in [1.82, 2.24) is 10.3 Å². The van der Waals surface area contributed by atoms with Crippen LogP contribution < -0.4 is 5.32 Å². The summed E-state index contributed by atoms with van der Waals surface area (Å²) in [6.45, 7) is 4.36. The first-order valence-corrected chi connectivity index (χ1v) is 5.79. The monoisotopic (exact) mass is 222 g/mol. The number of nitrogens with one attached hydrogen (secondary N) is 1. The number of methoxy groups -OCH3 is 1. The number of aromatic nitrogens is 1. The highest BCUT2D eigenvalue weighted by Gasteiger charge is 2.23. The Balaban J connectivity index is 2.68. The molecule has 0 spiro atoms. The smallest absolute Gasteiger partial charge is 0.0750 e. The zero-order valence-electron chi connectivity index (χ0n) is 10.6. The van der Waals surface area contributed by atoms with E-state index in [2.05, 4.69) is 30.2 Å². The average molecular weight is 222 g/mol. The summed E-state index contributed by atoms with van der Waals surface area (Å²) in [6, 6.07) is 6.32. The molecule has 0 amide bonds. The van der Waals surface area contributed by atoms with E-state index in [0.717, 1.165) is 12.1 Å². The lowest BCUT2D eigenvalue weighted by Gasteiger charge is -2.28. The number of hydrogen-bond donors (Lipinski definition) is 1. The van der Waals surface area contributed by atoms with Gasteiger partial charge in [0.05, 0.1) is 6.10 Å². The molecule has 0 radical (unpaired) electrons. The molecule has 0 fully saturated rings. The van der Waals surface area contributed by atoms with E-state index in [0.29, 0.717) is 12.0 Å². The summed E-state index contributed by atoms with van der Waals surface area (Å²) in [6.07, 6.45) is 2.94. The number of likely N-dealkylation sites (N-methyl/N-ethyl adjacent to an activating group) is 1. The molecule has 2 atom stereocenters. The van der Waals surface area contributed by atoms with Crippen molar-refractivity contribution < 1.29 is 4.74 Å². The zero-order chi connectivity index (χ0) is 12.0. The Morgan fingerprint density at radius 1 is 1.38 bits per heavy atom. The zero-order valence-corrected chi connectivity index (χ0v) is 10.6. The van der Waals surface area contributed by atoms with Gasteiger partial charge in [-0.3, -0.25) is 4.98 Å². The van der Waals surface area contributed by atoms with Crippen molar-refractivity contribution in [3.63, 3.8) is 0 Å². The van der Waals surface area contributed by atoms with Crippen molar-refractivity contribution in [3.05, 3.63) is 30.1 Å². The molecule has 0 aliphatic carbocycles. The van der Waals surface area contributed by atoms with E-state index < -0.39 is 0 Å². The summed E-state index contributed by atoms with van der Waals surface area (Å²) < 4.78 is 5.55. The van der Waals surface area contributed by atoms with Gasteiger partial charge < -0.3 is 10.1 Å². The fourth-order valence-electron chi connectivity index (χ4n) is 2.03. The van der Waals surface area contributed by atoms with E-state index in [-0.39, 0.29) is 6.10 Å². The van der Waals surface area contributed by atoms with Gasteiger partial charge in [0.1, 0.15) is 0 Å². The normalized spacial score (nSPS) is 15.1. The highest BCUT2D eigenvalue weighted by molar-refractivity contribution is 5.06. The molecule has 0 aromatic carbocycles. The number of pyridine rings is 1. The minimum absolute atomic E-state index is 0.215. The predicted octanol–water partition coefficient (Wildman–Crippen LogP) is 1.88. The lowest BCUT2D eigenvalue weighted by molar-refractivity contribution is 0.0351. The van der Waals surface area contributed by atoms with Crippen molar-refractivity contribution in [2.45, 2.75) is 32.4 Å². The van der Waals surface area contributed by atoms with Crippen LogP contribution in [0.4, 0.5) is 0 Å². The molecule has 0 saturated carbocycles. The summed E-state index contributed by atoms with van der Waals surface area (Å²) >= 11 is 0. The molecule has 1 heterocycles. The molecule has 90 valence electrons. The molecule has 3 heteroatoms. The first-order chi connectivity index (χ1) is 7.69. The fraction of sp³-hybridized carbons (Fsp3) is 0.615. The van der Waals surface area contributed by atoms with Gasteiger partial charge in [-0.2, -0.15) is 0 Å². The lowest BCUT2D eigenvalue weighted by Crippen LogP contribution is -2.43. The van der Waals surface area contributed by atoms with Gasteiger partial charge in [0, 0.05) is 31.5 Å². The number of hydrogen-bond acceptors (Lipinski definition) is 3. The molecule has 2 unspecified atom stereocenters. The van der Waals surface area contributed by atoms with Gasteiger partial charge in [-0.25, -0.2) is 0 Å². The Hall–Kier alpha value is -0.930. The van der Waals surface area contributed by atoms with Crippen LogP contribution in [0.15, 0.2) is 24.4 Å². The molecule has 3 nitrogen and oxygen atoms in total. The lowest BCUT2D eigenvalue weighted by atomic mass is 9.96. The van der Waals surface area contributed by atoms with Gasteiger partial charge in [-0.05, 0) is 25.1 Å². The number of rotatable bonds is 6. The molecule has 1 aromatic heterocycles. The van der Waals surface area contributed by atoms with E-state index >= 15 is 0 Å². The SMILES string of the molecule is CNC(Cc1ccccn1)C(OC)C(C)C. The van der Waals surface area contributed by atoms with Gasteiger partial charge in [0.25, 0.3) is 0 Å². The van der Waals surface area contributed by atoms with E-state index in [1.54, 1.807) is 7.11 Å². The van der Waals surface area contributed by atoms with Gasteiger partial charge in [-0.1, -0.05) is 19.9 Å². The molecule has 0 aliphatic rings. The van der Waals surface area contributed by atoms with Crippen LogP contribution in [0.2, 0.25) is 0 Å². The first-order valence-electron chi connectivity index (χ1n) is 5.79. The second kappa shape index (κ2) is 6.61. The third kappa shape index (κ3) is 3.58. The molecule has 1 N–H and O–H groups in total. The van der Waals surface area contributed by atoms with Crippen LogP contribution >= 0.6 is 0 Å². The van der Waals surface area contributed by atoms with Crippen LogP contribution in [-0.4, -0.2) is 31.3 Å². The van der Waals surface area contributed by atoms with Crippen molar-refractivity contribution >= 4 is 0 Å². The summed E-state index contributed by atoms with van der Waals surface area (Å²) in [4.78, 5) is 4.35. The predicted molar refractivity (Wildman–Crippen MR) is 66.4 cm³/mol. The van der Waals surface area contributed by atoms with Crippen molar-refractivity contribution in [2.75, 3.05) is 14.2 Å². The quantitative estimate of drug-likeness (QED) is 0.798. The summed E-state index contributed by atoms with van der Waals surface area (Å²) in [7, 11) is 3.75. The van der Waals surface area contributed by atoms with E-state index in [1.807, 2.05) is 25.4 Å². The van der Waals surface area contributed by atoms with E-state index in [4.69, 9.17) is 4.74 Å². The molecule has 0 bridgehead atoms. The van der Waals surface area contributed by atoms with Gasteiger partial charge >= 0.3 is 0 Å². The van der Waals surface area contributed by atoms with Crippen LogP contribution in [0, 0.1) is 5.92 Å². The van der Waals surface area contributed by atoms with Crippen LogP contribution in [-0.2, 0) is 11.2 Å². The molecular formula is C13H22N2O. The summed E-state index contributed by atoms with van der Waals surface area (Å²) in [5, 5.41) is 3.32. The molecule has 1 aromatic rings. The Morgan fingerprint density at radius 2 is 2.12 bits per heavy atom. The standard InChI is InChI=1S/C13H22N2O/c1-10(2)13(16-4)12(14-3)9-11-7-5-6-8-15-11/h5-8,10,12-14H,9H2,1-4H3. The van der Waals surface area contributed by atoms with E-state index in [1.165, 1.54) is 0 Å². The third-order valence-electron chi connectivity index (χ3n) is 2.85. The summed E-state index contributed by atoms with van der Waals surface area (Å²) in [5.74, 6) is 0.492. The number of nitrogens with zero attached hydrogens (tertiary/aromatic N) is 1. The maximum atomic E-state index is 5.55. The average Bonchev–Trinajstić information content (AvgIpc) is 2.29. The molecule has 0 aliphatic heterocycles. The van der Waals surface area contributed by atoms with Crippen LogP contribution in [0.1, 0.15) is 19.5 Å². The van der Waals surface area contributed by atoms with Gasteiger partial charge in [-0.15, -0.1) is 0 Å². The van der Waals surface area contributed by atoms with Crippen LogP contribution in [0.25, 0.3) is 0 Å². The van der Waals surface area contributed by atoms with Crippen LogP contribution in [0.3, 0.4) is 0 Å². The largest absolute Gasteiger partial charge is 0.380 e. The highest BCUT2D eigenvalue weighted by Crippen LogP contribution is 2.13. The minimum Gasteiger partial charge on any atom is -0.380 e.